The Balaban J connectivity index is 2.21. The summed E-state index contributed by atoms with van der Waals surface area (Å²) in [6, 6.07) is 3.96. The SMILES string of the molecule is N#Cc1ccc(C(F)(F)F)nc1N1CCC(CCN)CC1. The lowest BCUT2D eigenvalue weighted by Crippen LogP contribution is -2.35. The molecule has 4 nitrogen and oxygen atoms in total. The third kappa shape index (κ3) is 3.64. The van der Waals surface area contributed by atoms with Crippen molar-refractivity contribution >= 4 is 5.82 Å². The van der Waals surface area contributed by atoms with E-state index in [9.17, 15) is 13.2 Å². The summed E-state index contributed by atoms with van der Waals surface area (Å²) < 4.78 is 38.3. The number of rotatable bonds is 3. The van der Waals surface area contributed by atoms with Gasteiger partial charge in [-0.2, -0.15) is 18.4 Å². The van der Waals surface area contributed by atoms with Crippen LogP contribution in [0.1, 0.15) is 30.5 Å². The number of piperidine rings is 1. The smallest absolute Gasteiger partial charge is 0.355 e. The molecule has 0 aromatic carbocycles. The van der Waals surface area contributed by atoms with E-state index < -0.39 is 11.9 Å². The molecule has 1 fully saturated rings. The summed E-state index contributed by atoms with van der Waals surface area (Å²) in [5, 5.41) is 9.06. The highest BCUT2D eigenvalue weighted by atomic mass is 19.4. The zero-order valence-corrected chi connectivity index (χ0v) is 11.5. The van der Waals surface area contributed by atoms with Crippen LogP contribution in [-0.4, -0.2) is 24.6 Å². The number of nitrogens with two attached hydrogens (primary N) is 1. The maximum Gasteiger partial charge on any atom is 0.433 e. The molecule has 2 heterocycles. The van der Waals surface area contributed by atoms with Gasteiger partial charge in [-0.25, -0.2) is 4.98 Å². The van der Waals surface area contributed by atoms with E-state index in [0.29, 0.717) is 25.6 Å². The monoisotopic (exact) mass is 298 g/mol. The van der Waals surface area contributed by atoms with Crippen molar-refractivity contribution < 1.29 is 13.2 Å². The highest BCUT2D eigenvalue weighted by Crippen LogP contribution is 2.32. The third-order valence-electron chi connectivity index (χ3n) is 3.77. The topological polar surface area (TPSA) is 65.9 Å². The van der Waals surface area contributed by atoms with E-state index in [4.69, 9.17) is 11.0 Å². The van der Waals surface area contributed by atoms with Crippen LogP contribution >= 0.6 is 0 Å². The number of anilines is 1. The third-order valence-corrected chi connectivity index (χ3v) is 3.77. The zero-order chi connectivity index (χ0) is 15.5. The molecule has 1 aliphatic heterocycles. The van der Waals surface area contributed by atoms with Crippen molar-refractivity contribution in [1.82, 2.24) is 4.98 Å². The van der Waals surface area contributed by atoms with Gasteiger partial charge in [0.1, 0.15) is 17.6 Å². The number of aromatic nitrogens is 1. The first-order chi connectivity index (χ1) is 9.95. The molecule has 0 saturated carbocycles. The van der Waals surface area contributed by atoms with Crippen molar-refractivity contribution in [2.75, 3.05) is 24.5 Å². The van der Waals surface area contributed by atoms with Crippen LogP contribution < -0.4 is 10.6 Å². The molecule has 2 rings (SSSR count). The Hall–Kier alpha value is -1.81. The predicted octanol–water partition coefficient (Wildman–Crippen LogP) is 2.54. The minimum atomic E-state index is -4.50. The molecular weight excluding hydrogens is 281 g/mol. The van der Waals surface area contributed by atoms with E-state index >= 15 is 0 Å². The predicted molar refractivity (Wildman–Crippen MR) is 72.6 cm³/mol. The molecule has 1 saturated heterocycles. The number of hydrogen-bond donors (Lipinski definition) is 1. The highest BCUT2D eigenvalue weighted by molar-refractivity contribution is 5.54. The fraction of sp³-hybridized carbons (Fsp3) is 0.571. The Kier molecular flexibility index (Phi) is 4.68. The Labute approximate surface area is 121 Å². The molecule has 2 N–H and O–H groups in total. The fourth-order valence-corrected chi connectivity index (χ4v) is 2.60. The molecule has 114 valence electrons. The number of nitrogens with zero attached hydrogens (tertiary/aromatic N) is 3. The molecule has 0 spiro atoms. The van der Waals surface area contributed by atoms with Crippen molar-refractivity contribution in [2.24, 2.45) is 11.7 Å². The first-order valence-corrected chi connectivity index (χ1v) is 6.89. The van der Waals surface area contributed by atoms with Gasteiger partial charge < -0.3 is 10.6 Å². The Bertz CT molecular complexity index is 528. The van der Waals surface area contributed by atoms with E-state index in [-0.39, 0.29) is 11.4 Å². The summed E-state index contributed by atoms with van der Waals surface area (Å²) in [4.78, 5) is 5.43. The van der Waals surface area contributed by atoms with Crippen molar-refractivity contribution in [2.45, 2.75) is 25.4 Å². The van der Waals surface area contributed by atoms with Crippen LogP contribution in [0, 0.1) is 17.2 Å². The van der Waals surface area contributed by atoms with Crippen molar-refractivity contribution in [3.05, 3.63) is 23.4 Å². The number of hydrogen-bond acceptors (Lipinski definition) is 4. The van der Waals surface area contributed by atoms with Crippen LogP contribution in [0.15, 0.2) is 12.1 Å². The van der Waals surface area contributed by atoms with Gasteiger partial charge in [0.05, 0.1) is 5.56 Å². The second-order valence-electron chi connectivity index (χ2n) is 5.18. The largest absolute Gasteiger partial charge is 0.433 e. The molecule has 1 aliphatic rings. The Morgan fingerprint density at radius 3 is 2.52 bits per heavy atom. The molecule has 0 radical (unpaired) electrons. The second kappa shape index (κ2) is 6.31. The van der Waals surface area contributed by atoms with Crippen LogP contribution in [0.4, 0.5) is 19.0 Å². The first-order valence-electron chi connectivity index (χ1n) is 6.89. The van der Waals surface area contributed by atoms with Crippen LogP contribution in [0.2, 0.25) is 0 Å². The van der Waals surface area contributed by atoms with Gasteiger partial charge in [-0.15, -0.1) is 0 Å². The molecule has 0 bridgehead atoms. The maximum atomic E-state index is 12.8. The second-order valence-corrected chi connectivity index (χ2v) is 5.18. The van der Waals surface area contributed by atoms with E-state index in [2.05, 4.69) is 4.98 Å². The molecule has 21 heavy (non-hydrogen) atoms. The summed E-state index contributed by atoms with van der Waals surface area (Å²) in [6.07, 6.45) is -1.85. The maximum absolute atomic E-state index is 12.8. The summed E-state index contributed by atoms with van der Waals surface area (Å²) in [5.74, 6) is 0.640. The lowest BCUT2D eigenvalue weighted by Gasteiger charge is -2.33. The summed E-state index contributed by atoms with van der Waals surface area (Å²) in [5.41, 5.74) is 4.75. The first kappa shape index (κ1) is 15.6. The van der Waals surface area contributed by atoms with Gasteiger partial charge in [-0.05, 0) is 43.9 Å². The Morgan fingerprint density at radius 2 is 2.00 bits per heavy atom. The molecule has 0 unspecified atom stereocenters. The lowest BCUT2D eigenvalue weighted by atomic mass is 9.93. The van der Waals surface area contributed by atoms with Gasteiger partial charge in [0, 0.05) is 13.1 Å². The molecule has 7 heteroatoms. The van der Waals surface area contributed by atoms with Crippen LogP contribution in [0.3, 0.4) is 0 Å². The van der Waals surface area contributed by atoms with E-state index in [1.807, 2.05) is 6.07 Å². The lowest BCUT2D eigenvalue weighted by molar-refractivity contribution is -0.141. The van der Waals surface area contributed by atoms with Gasteiger partial charge >= 0.3 is 6.18 Å². The van der Waals surface area contributed by atoms with Crippen LogP contribution in [-0.2, 0) is 6.18 Å². The summed E-state index contributed by atoms with van der Waals surface area (Å²) in [6.45, 7) is 1.83. The molecule has 0 atom stereocenters. The summed E-state index contributed by atoms with van der Waals surface area (Å²) >= 11 is 0. The molecule has 0 aliphatic carbocycles. The fourth-order valence-electron chi connectivity index (χ4n) is 2.60. The van der Waals surface area contributed by atoms with Crippen LogP contribution in [0.25, 0.3) is 0 Å². The van der Waals surface area contributed by atoms with E-state index in [1.54, 1.807) is 4.90 Å². The molecule has 1 aromatic heterocycles. The van der Waals surface area contributed by atoms with Crippen molar-refractivity contribution in [3.8, 4) is 6.07 Å². The average Bonchev–Trinajstić information content (AvgIpc) is 2.47. The van der Waals surface area contributed by atoms with Crippen LogP contribution in [0.5, 0.6) is 0 Å². The molecule has 1 aromatic rings. The standard InChI is InChI=1S/C14H17F3N4/c15-14(16,17)12-2-1-11(9-19)13(20-12)21-7-4-10(3-6-18)5-8-21/h1-2,10H,3-8,18H2. The normalized spacial score (nSPS) is 16.8. The number of alkyl halides is 3. The zero-order valence-electron chi connectivity index (χ0n) is 11.5. The van der Waals surface area contributed by atoms with Crippen molar-refractivity contribution in [3.63, 3.8) is 0 Å². The van der Waals surface area contributed by atoms with Gasteiger partial charge in [-0.3, -0.25) is 0 Å². The highest BCUT2D eigenvalue weighted by Gasteiger charge is 2.34. The number of halogens is 3. The Morgan fingerprint density at radius 1 is 1.33 bits per heavy atom. The van der Waals surface area contributed by atoms with E-state index in [0.717, 1.165) is 25.3 Å². The number of pyridine rings is 1. The number of nitriles is 1. The van der Waals surface area contributed by atoms with E-state index in [1.165, 1.54) is 6.07 Å². The minimum absolute atomic E-state index is 0.138. The quantitative estimate of drug-likeness (QED) is 0.931. The molecular formula is C14H17F3N4. The van der Waals surface area contributed by atoms with Gasteiger partial charge in [0.2, 0.25) is 0 Å². The molecule has 0 amide bonds. The summed E-state index contributed by atoms with van der Waals surface area (Å²) in [7, 11) is 0. The average molecular weight is 298 g/mol. The van der Waals surface area contributed by atoms with Gasteiger partial charge in [-0.1, -0.05) is 0 Å². The van der Waals surface area contributed by atoms with Crippen molar-refractivity contribution in [1.29, 1.82) is 5.26 Å². The minimum Gasteiger partial charge on any atom is -0.355 e. The van der Waals surface area contributed by atoms with Gasteiger partial charge in [0.15, 0.2) is 0 Å². The van der Waals surface area contributed by atoms with Gasteiger partial charge in [0.25, 0.3) is 0 Å².